The van der Waals surface area contributed by atoms with Crippen LogP contribution < -0.4 is 15.4 Å². The van der Waals surface area contributed by atoms with Crippen LogP contribution >= 0.6 is 11.8 Å². The van der Waals surface area contributed by atoms with E-state index in [0.29, 0.717) is 28.9 Å². The largest absolute Gasteiger partial charge is 0.495 e. The lowest BCUT2D eigenvalue weighted by Gasteiger charge is -2.34. The SMILES string of the molecule is COc1cc(SC)ccc1NCC#Cc1cc2c(NC3CCN(CC(C)OC(C)=O)CC3)cccc2n1CC(F)(F)F. The summed E-state index contributed by atoms with van der Waals surface area (Å²) in [6.07, 6.45) is -0.856. The Morgan fingerprint density at radius 3 is 2.60 bits per heavy atom. The molecule has 1 aliphatic rings. The lowest BCUT2D eigenvalue weighted by atomic mass is 10.0. The number of anilines is 2. The molecule has 0 aliphatic carbocycles. The van der Waals surface area contributed by atoms with Crippen LogP contribution in [0.15, 0.2) is 47.4 Å². The molecule has 1 aromatic heterocycles. The van der Waals surface area contributed by atoms with Gasteiger partial charge in [0.2, 0.25) is 0 Å². The van der Waals surface area contributed by atoms with Gasteiger partial charge in [0.15, 0.2) is 0 Å². The number of methoxy groups -OCH3 is 1. The second-order valence-electron chi connectivity index (χ2n) is 10.3. The van der Waals surface area contributed by atoms with Crippen LogP contribution in [0.5, 0.6) is 5.75 Å². The molecule has 11 heteroatoms. The van der Waals surface area contributed by atoms with Gasteiger partial charge in [-0.25, -0.2) is 0 Å². The molecular formula is C31H37F3N4O3S. The van der Waals surface area contributed by atoms with Crippen LogP contribution in [0.25, 0.3) is 10.9 Å². The Kier molecular flexibility index (Phi) is 10.6. The first kappa shape index (κ1) is 31.4. The summed E-state index contributed by atoms with van der Waals surface area (Å²) in [5, 5.41) is 7.47. The molecule has 1 atom stereocenters. The van der Waals surface area contributed by atoms with Crippen molar-refractivity contribution >= 4 is 40.0 Å². The topological polar surface area (TPSA) is 67.8 Å². The number of likely N-dealkylation sites (tertiary alicyclic amines) is 1. The molecular weight excluding hydrogens is 565 g/mol. The molecule has 0 radical (unpaired) electrons. The smallest absolute Gasteiger partial charge is 0.406 e. The van der Waals surface area contributed by atoms with E-state index >= 15 is 0 Å². The Morgan fingerprint density at radius 2 is 1.93 bits per heavy atom. The predicted molar refractivity (Wildman–Crippen MR) is 162 cm³/mol. The summed E-state index contributed by atoms with van der Waals surface area (Å²) in [6.45, 7) is 4.75. The first-order valence-corrected chi connectivity index (χ1v) is 15.1. The van der Waals surface area contributed by atoms with Crippen LogP contribution in [-0.2, 0) is 16.1 Å². The predicted octanol–water partition coefficient (Wildman–Crippen LogP) is 6.23. The average molecular weight is 603 g/mol. The first-order chi connectivity index (χ1) is 20.1. The number of hydrogen-bond donors (Lipinski definition) is 2. The molecule has 3 aromatic rings. The van der Waals surface area contributed by atoms with Crippen LogP contribution in [0, 0.1) is 11.8 Å². The molecule has 1 fully saturated rings. The van der Waals surface area contributed by atoms with Gasteiger partial charge in [-0.1, -0.05) is 12.0 Å². The van der Waals surface area contributed by atoms with E-state index in [1.54, 1.807) is 37.1 Å². The summed E-state index contributed by atoms with van der Waals surface area (Å²) in [5.74, 6) is 6.33. The average Bonchev–Trinajstić information content (AvgIpc) is 3.28. The molecule has 2 aromatic carbocycles. The van der Waals surface area contributed by atoms with E-state index in [4.69, 9.17) is 9.47 Å². The Hall–Kier alpha value is -3.49. The molecule has 0 amide bonds. The van der Waals surface area contributed by atoms with E-state index in [2.05, 4.69) is 27.4 Å². The van der Waals surface area contributed by atoms with Crippen molar-refractivity contribution in [2.75, 3.05) is 50.2 Å². The number of aromatic nitrogens is 1. The number of esters is 1. The number of alkyl halides is 3. The summed E-state index contributed by atoms with van der Waals surface area (Å²) in [6, 6.07) is 13.1. The van der Waals surface area contributed by atoms with E-state index in [0.717, 1.165) is 42.2 Å². The summed E-state index contributed by atoms with van der Waals surface area (Å²) in [5.41, 5.74) is 2.34. The minimum absolute atomic E-state index is 0.174. The van der Waals surface area contributed by atoms with Crippen molar-refractivity contribution in [3.8, 4) is 17.6 Å². The Morgan fingerprint density at radius 1 is 1.17 bits per heavy atom. The third kappa shape index (κ3) is 8.52. The van der Waals surface area contributed by atoms with Gasteiger partial charge in [0.1, 0.15) is 18.4 Å². The van der Waals surface area contributed by atoms with E-state index in [1.165, 1.54) is 11.5 Å². The summed E-state index contributed by atoms with van der Waals surface area (Å²) >= 11 is 1.60. The van der Waals surface area contributed by atoms with Gasteiger partial charge in [-0.15, -0.1) is 11.8 Å². The highest BCUT2D eigenvalue weighted by Gasteiger charge is 2.30. The van der Waals surface area contributed by atoms with Crippen molar-refractivity contribution in [2.24, 2.45) is 0 Å². The van der Waals surface area contributed by atoms with Crippen LogP contribution in [-0.4, -0.2) is 73.3 Å². The second-order valence-corrected chi connectivity index (χ2v) is 11.2. The number of carbonyl (C=O) groups excluding carboxylic acids is 1. The van der Waals surface area contributed by atoms with E-state index < -0.39 is 12.7 Å². The zero-order chi connectivity index (χ0) is 30.3. The van der Waals surface area contributed by atoms with Crippen molar-refractivity contribution in [3.63, 3.8) is 0 Å². The summed E-state index contributed by atoms with van der Waals surface area (Å²) < 4.78 is 52.8. The number of piperidine rings is 1. The number of nitrogens with zero attached hydrogens (tertiary/aromatic N) is 2. The third-order valence-electron chi connectivity index (χ3n) is 7.11. The van der Waals surface area contributed by atoms with Crippen molar-refractivity contribution in [2.45, 2.75) is 56.5 Å². The summed E-state index contributed by atoms with van der Waals surface area (Å²) in [7, 11) is 1.59. The maximum Gasteiger partial charge on any atom is 0.406 e. The number of carbonyl (C=O) groups is 1. The van der Waals surface area contributed by atoms with Crippen LogP contribution in [0.4, 0.5) is 24.5 Å². The van der Waals surface area contributed by atoms with Crippen LogP contribution in [0.1, 0.15) is 32.4 Å². The third-order valence-corrected chi connectivity index (χ3v) is 7.83. The van der Waals surface area contributed by atoms with Gasteiger partial charge in [-0.2, -0.15) is 13.2 Å². The molecule has 2 heterocycles. The molecule has 0 spiro atoms. The van der Waals surface area contributed by atoms with Gasteiger partial charge in [0.05, 0.1) is 30.6 Å². The maximum absolute atomic E-state index is 13.6. The van der Waals surface area contributed by atoms with Crippen LogP contribution in [0.3, 0.4) is 0 Å². The molecule has 42 heavy (non-hydrogen) atoms. The molecule has 1 aliphatic heterocycles. The van der Waals surface area contributed by atoms with Gasteiger partial charge >= 0.3 is 12.1 Å². The highest BCUT2D eigenvalue weighted by atomic mass is 32.2. The molecule has 4 rings (SSSR count). The highest BCUT2D eigenvalue weighted by molar-refractivity contribution is 7.98. The van der Waals surface area contributed by atoms with Crippen LogP contribution in [0.2, 0.25) is 0 Å². The van der Waals surface area contributed by atoms with Crippen molar-refractivity contribution in [1.29, 1.82) is 0 Å². The number of fused-ring (bicyclic) bond motifs is 1. The van der Waals surface area contributed by atoms with Crippen molar-refractivity contribution in [1.82, 2.24) is 9.47 Å². The normalized spacial score (nSPS) is 15.1. The number of benzene rings is 2. The Labute approximate surface area is 249 Å². The van der Waals surface area contributed by atoms with Crippen molar-refractivity contribution in [3.05, 3.63) is 48.2 Å². The molecule has 226 valence electrons. The quantitative estimate of drug-likeness (QED) is 0.162. The first-order valence-electron chi connectivity index (χ1n) is 13.9. The fourth-order valence-corrected chi connectivity index (χ4v) is 5.68. The van der Waals surface area contributed by atoms with Gasteiger partial charge in [0.25, 0.3) is 0 Å². The Bertz CT molecular complexity index is 1440. The molecule has 7 nitrogen and oxygen atoms in total. The monoisotopic (exact) mass is 602 g/mol. The van der Waals surface area contributed by atoms with Gasteiger partial charge < -0.3 is 24.7 Å². The fourth-order valence-electron chi connectivity index (χ4n) is 5.25. The maximum atomic E-state index is 13.6. The lowest BCUT2D eigenvalue weighted by Crippen LogP contribution is -2.42. The number of nitrogens with one attached hydrogen (secondary N) is 2. The molecule has 1 unspecified atom stereocenters. The number of hydrogen-bond acceptors (Lipinski definition) is 7. The molecule has 0 saturated carbocycles. The number of halogens is 3. The highest BCUT2D eigenvalue weighted by Crippen LogP contribution is 2.32. The van der Waals surface area contributed by atoms with E-state index in [-0.39, 0.29) is 24.7 Å². The van der Waals surface area contributed by atoms with Gasteiger partial charge in [0, 0.05) is 48.6 Å². The van der Waals surface area contributed by atoms with E-state index in [9.17, 15) is 18.0 Å². The number of ether oxygens (including phenoxy) is 2. The van der Waals surface area contributed by atoms with Gasteiger partial charge in [-0.05, 0) is 68.3 Å². The zero-order valence-electron chi connectivity index (χ0n) is 24.3. The van der Waals surface area contributed by atoms with Crippen molar-refractivity contribution < 1.29 is 27.4 Å². The fraction of sp³-hybridized carbons (Fsp3) is 0.452. The molecule has 2 N–H and O–H groups in total. The number of rotatable bonds is 10. The standard InChI is InChI=1S/C31H37F3N4O3S/c1-21(41-22(2)39)19-37-15-12-23(13-16-37)36-27-8-5-9-29-26(27)17-24(38(29)20-31(32,33)34)7-6-14-35-28-11-10-25(42-4)18-30(28)40-3/h5,8-11,17-18,21,23,35-36H,12-16,19-20H2,1-4H3. The zero-order valence-corrected chi connectivity index (χ0v) is 25.1. The summed E-state index contributed by atoms with van der Waals surface area (Å²) in [4.78, 5) is 14.5. The van der Waals surface area contributed by atoms with E-state index in [1.807, 2.05) is 37.4 Å². The second kappa shape index (κ2) is 14.1. The molecule has 1 saturated heterocycles. The lowest BCUT2D eigenvalue weighted by molar-refractivity contribution is -0.146. The minimum atomic E-state index is -4.40. The Balaban J connectivity index is 1.49. The molecule has 0 bridgehead atoms. The number of thioether (sulfide) groups is 1. The van der Waals surface area contributed by atoms with Gasteiger partial charge in [-0.3, -0.25) is 9.69 Å². The minimum Gasteiger partial charge on any atom is -0.495 e.